The third-order valence-electron chi connectivity index (χ3n) is 6.35. The summed E-state index contributed by atoms with van der Waals surface area (Å²) in [5.41, 5.74) is 4.63. The van der Waals surface area contributed by atoms with Crippen molar-refractivity contribution in [2.24, 2.45) is 5.41 Å². The molecule has 0 unspecified atom stereocenters. The Morgan fingerprint density at radius 1 is 1.09 bits per heavy atom. The lowest BCUT2D eigenvalue weighted by molar-refractivity contribution is -0.139. The summed E-state index contributed by atoms with van der Waals surface area (Å²) in [7, 11) is 1.61. The Morgan fingerprint density at radius 3 is 2.58 bits per heavy atom. The minimum Gasteiger partial charge on any atom is -0.497 e. The van der Waals surface area contributed by atoms with Gasteiger partial charge in [0.2, 0.25) is 0 Å². The molecule has 0 aromatic heterocycles. The first-order valence-corrected chi connectivity index (χ1v) is 11.4. The summed E-state index contributed by atoms with van der Waals surface area (Å²) in [4.78, 5) is 26.7. The van der Waals surface area contributed by atoms with Crippen LogP contribution in [0.25, 0.3) is 0 Å². The highest BCUT2D eigenvalue weighted by Crippen LogP contribution is 2.47. The van der Waals surface area contributed by atoms with Crippen molar-refractivity contribution in [3.8, 4) is 5.75 Å². The Labute approximate surface area is 195 Å². The maximum atomic E-state index is 13.4. The highest BCUT2D eigenvalue weighted by molar-refractivity contribution is 6.04. The maximum absolute atomic E-state index is 13.4. The summed E-state index contributed by atoms with van der Waals surface area (Å²) in [6.07, 6.45) is 1.84. The molecule has 0 radical (unpaired) electrons. The van der Waals surface area contributed by atoms with Crippen LogP contribution in [0.15, 0.2) is 77.1 Å². The summed E-state index contributed by atoms with van der Waals surface area (Å²) in [6.45, 7) is 6.36. The monoisotopic (exact) mass is 445 g/mol. The zero-order chi connectivity index (χ0) is 23.6. The number of Topliss-reactive ketones (excluding diaryl/α,β-unsaturated/α-hetero) is 1. The van der Waals surface area contributed by atoms with E-state index in [2.05, 4.69) is 19.2 Å². The normalized spacial score (nSPS) is 19.6. The maximum Gasteiger partial charge on any atom is 0.336 e. The molecule has 0 spiro atoms. The smallest absolute Gasteiger partial charge is 0.336 e. The molecule has 172 valence electrons. The number of rotatable bonds is 6. The summed E-state index contributed by atoms with van der Waals surface area (Å²) < 4.78 is 11.1. The fraction of sp³-hybridized carbons (Fsp3) is 0.357. The molecule has 2 aliphatic rings. The van der Waals surface area contributed by atoms with Crippen LogP contribution in [0.4, 0.5) is 0 Å². The van der Waals surface area contributed by atoms with Crippen LogP contribution in [0, 0.1) is 5.41 Å². The molecule has 1 atom stereocenters. The Hall–Kier alpha value is -3.34. The quantitative estimate of drug-likeness (QED) is 0.628. The standard InChI is InChI=1S/C28H31NO4/c1-18-24(27(31)33-14-13-19-9-6-5-7-10-19)25(20-11-8-12-21(15-20)32-4)26-22(29-18)16-28(2,3)17-23(26)30/h5-12,15,25,29H,13-14,16-17H2,1-4H3/t25-/m0/s1. The highest BCUT2D eigenvalue weighted by Gasteiger charge is 2.43. The van der Waals surface area contributed by atoms with E-state index in [-0.39, 0.29) is 17.8 Å². The number of esters is 1. The van der Waals surface area contributed by atoms with Crippen molar-refractivity contribution < 1.29 is 19.1 Å². The molecular formula is C28H31NO4. The Morgan fingerprint density at radius 2 is 1.85 bits per heavy atom. The summed E-state index contributed by atoms with van der Waals surface area (Å²) in [5.74, 6) is -0.119. The molecule has 0 saturated heterocycles. The molecule has 1 N–H and O–H groups in total. The topological polar surface area (TPSA) is 64.6 Å². The van der Waals surface area contributed by atoms with Gasteiger partial charge in [0.1, 0.15) is 5.75 Å². The van der Waals surface area contributed by atoms with Crippen molar-refractivity contribution in [2.75, 3.05) is 13.7 Å². The molecule has 2 aromatic carbocycles. The molecule has 0 saturated carbocycles. The second-order valence-corrected chi connectivity index (χ2v) is 9.58. The van der Waals surface area contributed by atoms with E-state index < -0.39 is 11.9 Å². The van der Waals surface area contributed by atoms with Gasteiger partial charge < -0.3 is 14.8 Å². The number of nitrogens with one attached hydrogen (secondary N) is 1. The second-order valence-electron chi connectivity index (χ2n) is 9.58. The number of hydrogen-bond acceptors (Lipinski definition) is 5. The first-order valence-electron chi connectivity index (χ1n) is 11.4. The van der Waals surface area contributed by atoms with E-state index in [4.69, 9.17) is 9.47 Å². The van der Waals surface area contributed by atoms with Crippen LogP contribution in [-0.4, -0.2) is 25.5 Å². The van der Waals surface area contributed by atoms with Gasteiger partial charge in [-0.1, -0.05) is 56.3 Å². The van der Waals surface area contributed by atoms with E-state index in [1.54, 1.807) is 7.11 Å². The average molecular weight is 446 g/mol. The lowest BCUT2D eigenvalue weighted by atomic mass is 9.68. The number of ether oxygens (including phenoxy) is 2. The lowest BCUT2D eigenvalue weighted by Crippen LogP contribution is -2.38. The van der Waals surface area contributed by atoms with Crippen LogP contribution in [0.5, 0.6) is 5.75 Å². The largest absolute Gasteiger partial charge is 0.497 e. The van der Waals surface area contributed by atoms with E-state index in [1.807, 2.05) is 61.5 Å². The van der Waals surface area contributed by atoms with E-state index in [9.17, 15) is 9.59 Å². The van der Waals surface area contributed by atoms with E-state index in [0.717, 1.165) is 28.9 Å². The number of hydrogen-bond donors (Lipinski definition) is 1. The summed E-state index contributed by atoms with van der Waals surface area (Å²) >= 11 is 0. The Kier molecular flexibility index (Phi) is 6.41. The fourth-order valence-corrected chi connectivity index (χ4v) is 4.85. The van der Waals surface area contributed by atoms with Gasteiger partial charge in [-0.2, -0.15) is 0 Å². The van der Waals surface area contributed by atoms with Gasteiger partial charge in [0, 0.05) is 35.7 Å². The van der Waals surface area contributed by atoms with Crippen LogP contribution < -0.4 is 10.1 Å². The molecule has 5 nitrogen and oxygen atoms in total. The predicted molar refractivity (Wildman–Crippen MR) is 128 cm³/mol. The van der Waals surface area contributed by atoms with Crippen molar-refractivity contribution >= 4 is 11.8 Å². The van der Waals surface area contributed by atoms with E-state index in [0.29, 0.717) is 29.7 Å². The molecule has 0 amide bonds. The second kappa shape index (κ2) is 9.26. The first kappa shape index (κ1) is 22.8. The van der Waals surface area contributed by atoms with E-state index in [1.165, 1.54) is 0 Å². The minimum absolute atomic E-state index is 0.0728. The molecule has 1 aliphatic heterocycles. The zero-order valence-corrected chi connectivity index (χ0v) is 19.7. The fourth-order valence-electron chi connectivity index (χ4n) is 4.85. The van der Waals surface area contributed by atoms with Crippen molar-refractivity contribution in [1.29, 1.82) is 0 Å². The third-order valence-corrected chi connectivity index (χ3v) is 6.35. The molecule has 4 rings (SSSR count). The molecular weight excluding hydrogens is 414 g/mol. The molecule has 1 heterocycles. The van der Waals surface area contributed by atoms with Crippen molar-refractivity contribution in [3.05, 3.63) is 88.3 Å². The predicted octanol–water partition coefficient (Wildman–Crippen LogP) is 5.09. The van der Waals surface area contributed by atoms with Gasteiger partial charge >= 0.3 is 5.97 Å². The van der Waals surface area contributed by atoms with Crippen LogP contribution in [0.3, 0.4) is 0 Å². The SMILES string of the molecule is COc1cccc([C@H]2C(C(=O)OCCc3ccccc3)=C(C)NC3=C2C(=O)CC(C)(C)C3)c1. The molecule has 33 heavy (non-hydrogen) atoms. The van der Waals surface area contributed by atoms with Gasteiger partial charge in [-0.05, 0) is 42.0 Å². The van der Waals surface area contributed by atoms with Gasteiger partial charge in [-0.15, -0.1) is 0 Å². The molecule has 0 fully saturated rings. The third kappa shape index (κ3) is 4.87. The zero-order valence-electron chi connectivity index (χ0n) is 19.7. The van der Waals surface area contributed by atoms with Gasteiger partial charge in [-0.3, -0.25) is 4.79 Å². The number of carbonyl (C=O) groups is 2. The number of ketones is 1. The first-order chi connectivity index (χ1) is 15.8. The van der Waals surface area contributed by atoms with Crippen LogP contribution >= 0.6 is 0 Å². The van der Waals surface area contributed by atoms with Gasteiger partial charge in [0.25, 0.3) is 0 Å². The van der Waals surface area contributed by atoms with E-state index >= 15 is 0 Å². The minimum atomic E-state index is -0.482. The number of benzene rings is 2. The molecule has 1 aliphatic carbocycles. The molecule has 0 bridgehead atoms. The number of methoxy groups -OCH3 is 1. The van der Waals surface area contributed by atoms with Crippen molar-refractivity contribution in [3.63, 3.8) is 0 Å². The average Bonchev–Trinajstić information content (AvgIpc) is 2.78. The summed E-state index contributed by atoms with van der Waals surface area (Å²) in [6, 6.07) is 17.5. The van der Waals surface area contributed by atoms with Gasteiger partial charge in [0.05, 0.1) is 19.3 Å². The number of carbonyl (C=O) groups excluding carboxylic acids is 2. The molecule has 5 heteroatoms. The lowest BCUT2D eigenvalue weighted by Gasteiger charge is -2.39. The van der Waals surface area contributed by atoms with Crippen LogP contribution in [0.2, 0.25) is 0 Å². The van der Waals surface area contributed by atoms with Gasteiger partial charge in [-0.25, -0.2) is 4.79 Å². The van der Waals surface area contributed by atoms with Gasteiger partial charge in [0.15, 0.2) is 5.78 Å². The van der Waals surface area contributed by atoms with Crippen molar-refractivity contribution in [2.45, 2.75) is 46.0 Å². The molecule has 2 aromatic rings. The van der Waals surface area contributed by atoms with Crippen LogP contribution in [-0.2, 0) is 20.7 Å². The van der Waals surface area contributed by atoms with Crippen LogP contribution in [0.1, 0.15) is 50.7 Å². The highest BCUT2D eigenvalue weighted by atomic mass is 16.5. The van der Waals surface area contributed by atoms with Crippen molar-refractivity contribution in [1.82, 2.24) is 5.32 Å². The summed E-state index contributed by atoms with van der Waals surface area (Å²) in [5, 5.41) is 3.38. The number of dihydropyridines is 1. The number of allylic oxidation sites excluding steroid dienone is 3. The Bertz CT molecular complexity index is 1130. The Balaban J connectivity index is 1.68.